The predicted octanol–water partition coefficient (Wildman–Crippen LogP) is 3.89. The molecule has 1 N–H and O–H groups in total. The van der Waals surface area contributed by atoms with E-state index in [-0.39, 0.29) is 10.6 Å². The highest BCUT2D eigenvalue weighted by Crippen LogP contribution is 2.27. The average Bonchev–Trinajstić information content (AvgIpc) is 2.86. The molecule has 0 aliphatic rings. The zero-order valence-electron chi connectivity index (χ0n) is 18.7. The Labute approximate surface area is 197 Å². The number of para-hydroxylation sites is 1. The Morgan fingerprint density at radius 2 is 1.71 bits per heavy atom. The number of nitro benzene ring substituents is 1. The number of nitrogens with zero attached hydrogens (tertiary/aromatic N) is 3. The van der Waals surface area contributed by atoms with Crippen molar-refractivity contribution in [1.29, 1.82) is 0 Å². The van der Waals surface area contributed by atoms with Gasteiger partial charge < -0.3 is 0 Å². The number of hydrazone groups is 1. The number of sulfonamides is 1. The van der Waals surface area contributed by atoms with Gasteiger partial charge in [-0.15, -0.1) is 0 Å². The number of rotatable bonds is 9. The normalized spacial score (nSPS) is 11.6. The van der Waals surface area contributed by atoms with Gasteiger partial charge in [-0.25, -0.2) is 13.8 Å². The molecule has 0 atom stereocenters. The lowest BCUT2D eigenvalue weighted by Crippen LogP contribution is -2.40. The standard InChI is InChI=1S/C24H24N4O5S/c1-3-19-10-7-8-15-23(19)27(34(32,33)22-13-5-4-6-14-22)17-24(29)26-25-18(2)20-11-9-12-21(16-20)28(30)31/h4-16H,3,17H2,1-2H3,(H,26,29)/b25-18-. The topological polar surface area (TPSA) is 122 Å². The molecule has 0 aromatic heterocycles. The molecule has 0 saturated heterocycles. The average molecular weight is 481 g/mol. The van der Waals surface area contributed by atoms with E-state index in [9.17, 15) is 23.3 Å². The first-order valence-electron chi connectivity index (χ1n) is 10.5. The molecule has 0 aliphatic carbocycles. The Hall–Kier alpha value is -4.05. The minimum atomic E-state index is -4.04. The Bertz CT molecular complexity index is 1320. The van der Waals surface area contributed by atoms with Gasteiger partial charge in [0.1, 0.15) is 6.54 Å². The molecule has 3 rings (SSSR count). The van der Waals surface area contributed by atoms with E-state index in [4.69, 9.17) is 0 Å². The van der Waals surface area contributed by atoms with Crippen LogP contribution < -0.4 is 9.73 Å². The maximum absolute atomic E-state index is 13.4. The summed E-state index contributed by atoms with van der Waals surface area (Å²) in [7, 11) is -4.04. The van der Waals surface area contributed by atoms with E-state index in [2.05, 4.69) is 10.5 Å². The molecule has 0 spiro atoms. The van der Waals surface area contributed by atoms with Gasteiger partial charge in [-0.2, -0.15) is 5.10 Å². The van der Waals surface area contributed by atoms with Crippen LogP contribution in [0.4, 0.5) is 11.4 Å². The molecule has 0 radical (unpaired) electrons. The van der Waals surface area contributed by atoms with Crippen molar-refractivity contribution >= 4 is 33.0 Å². The van der Waals surface area contributed by atoms with Crippen LogP contribution in [0, 0.1) is 10.1 Å². The summed E-state index contributed by atoms with van der Waals surface area (Å²) in [6.07, 6.45) is 0.572. The number of amides is 1. The smallest absolute Gasteiger partial charge is 0.270 e. The number of hydrogen-bond donors (Lipinski definition) is 1. The van der Waals surface area contributed by atoms with E-state index >= 15 is 0 Å². The Morgan fingerprint density at radius 3 is 2.38 bits per heavy atom. The minimum Gasteiger partial charge on any atom is -0.271 e. The number of hydrogen-bond acceptors (Lipinski definition) is 6. The number of anilines is 1. The van der Waals surface area contributed by atoms with Crippen molar-refractivity contribution in [2.45, 2.75) is 25.2 Å². The second kappa shape index (κ2) is 10.7. The second-order valence-corrected chi connectivity index (χ2v) is 9.21. The molecule has 0 aliphatic heterocycles. The van der Waals surface area contributed by atoms with Crippen LogP contribution >= 0.6 is 0 Å². The first-order valence-corrected chi connectivity index (χ1v) is 11.9. The van der Waals surface area contributed by atoms with E-state index < -0.39 is 27.4 Å². The molecule has 3 aromatic carbocycles. The number of aryl methyl sites for hydroxylation is 1. The van der Waals surface area contributed by atoms with Crippen molar-refractivity contribution in [3.63, 3.8) is 0 Å². The summed E-state index contributed by atoms with van der Waals surface area (Å²) in [5.41, 5.74) is 4.23. The number of benzene rings is 3. The van der Waals surface area contributed by atoms with Crippen molar-refractivity contribution in [2.75, 3.05) is 10.8 Å². The number of nitro groups is 1. The highest BCUT2D eigenvalue weighted by Gasteiger charge is 2.28. The van der Waals surface area contributed by atoms with Crippen molar-refractivity contribution in [3.8, 4) is 0 Å². The third kappa shape index (κ3) is 5.65. The third-order valence-electron chi connectivity index (χ3n) is 5.08. The zero-order chi connectivity index (χ0) is 24.7. The van der Waals surface area contributed by atoms with Gasteiger partial charge in [-0.3, -0.25) is 19.2 Å². The van der Waals surface area contributed by atoms with E-state index in [1.165, 1.54) is 30.3 Å². The van der Waals surface area contributed by atoms with Crippen LogP contribution in [0.3, 0.4) is 0 Å². The molecule has 1 amide bonds. The van der Waals surface area contributed by atoms with Gasteiger partial charge in [0.15, 0.2) is 0 Å². The molecule has 0 saturated carbocycles. The lowest BCUT2D eigenvalue weighted by atomic mass is 10.1. The lowest BCUT2D eigenvalue weighted by molar-refractivity contribution is -0.384. The SMILES string of the molecule is CCc1ccccc1N(CC(=O)N/N=C(/C)c1cccc([N+](=O)[O-])c1)S(=O)(=O)c1ccccc1. The van der Waals surface area contributed by atoms with Gasteiger partial charge in [-0.1, -0.05) is 55.5 Å². The highest BCUT2D eigenvalue weighted by molar-refractivity contribution is 7.92. The molecule has 34 heavy (non-hydrogen) atoms. The largest absolute Gasteiger partial charge is 0.271 e. The molecule has 0 fully saturated rings. The molecule has 3 aromatic rings. The van der Waals surface area contributed by atoms with Crippen LogP contribution in [0.5, 0.6) is 0 Å². The fourth-order valence-corrected chi connectivity index (χ4v) is 4.77. The van der Waals surface area contributed by atoms with Crippen LogP contribution in [0.15, 0.2) is 88.9 Å². The summed E-state index contributed by atoms with van der Waals surface area (Å²) in [5.74, 6) is -0.657. The van der Waals surface area contributed by atoms with E-state index in [0.29, 0.717) is 23.4 Å². The lowest BCUT2D eigenvalue weighted by Gasteiger charge is -2.25. The molecular weight excluding hydrogens is 456 g/mol. The molecule has 0 heterocycles. The van der Waals surface area contributed by atoms with Gasteiger partial charge in [0, 0.05) is 17.7 Å². The molecule has 10 heteroatoms. The van der Waals surface area contributed by atoms with E-state index in [1.807, 2.05) is 19.1 Å². The summed E-state index contributed by atoms with van der Waals surface area (Å²) >= 11 is 0. The molecule has 0 unspecified atom stereocenters. The highest BCUT2D eigenvalue weighted by atomic mass is 32.2. The number of nitrogens with one attached hydrogen (secondary N) is 1. The monoisotopic (exact) mass is 480 g/mol. The first kappa shape index (κ1) is 24.6. The third-order valence-corrected chi connectivity index (χ3v) is 6.86. The first-order chi connectivity index (χ1) is 16.2. The quantitative estimate of drug-likeness (QED) is 0.283. The summed E-state index contributed by atoms with van der Waals surface area (Å²) in [5, 5.41) is 15.0. The van der Waals surface area contributed by atoms with Crippen molar-refractivity contribution in [2.24, 2.45) is 5.10 Å². The number of non-ortho nitro benzene ring substituents is 1. The molecular formula is C24H24N4O5S. The van der Waals surface area contributed by atoms with Gasteiger partial charge in [-0.05, 0) is 37.1 Å². The van der Waals surface area contributed by atoms with Crippen LogP contribution in [-0.4, -0.2) is 31.5 Å². The fraction of sp³-hybridized carbons (Fsp3) is 0.167. The van der Waals surface area contributed by atoms with Crippen LogP contribution in [0.25, 0.3) is 0 Å². The summed E-state index contributed by atoms with van der Waals surface area (Å²) < 4.78 is 28.0. The van der Waals surface area contributed by atoms with Crippen molar-refractivity contribution in [3.05, 3.63) is 100 Å². The molecule has 9 nitrogen and oxygen atoms in total. The van der Waals surface area contributed by atoms with Crippen LogP contribution in [-0.2, 0) is 21.2 Å². The summed E-state index contributed by atoms with van der Waals surface area (Å²) in [4.78, 5) is 23.3. The Morgan fingerprint density at radius 1 is 1.03 bits per heavy atom. The van der Waals surface area contributed by atoms with Crippen molar-refractivity contribution in [1.82, 2.24) is 5.43 Å². The number of carbonyl (C=O) groups excluding carboxylic acids is 1. The number of carbonyl (C=O) groups is 1. The van der Waals surface area contributed by atoms with E-state index in [1.54, 1.807) is 43.3 Å². The fourth-order valence-electron chi connectivity index (χ4n) is 3.29. The van der Waals surface area contributed by atoms with Gasteiger partial charge >= 0.3 is 0 Å². The van der Waals surface area contributed by atoms with Gasteiger partial charge in [0.2, 0.25) is 0 Å². The molecule has 176 valence electrons. The van der Waals surface area contributed by atoms with Crippen LogP contribution in [0.2, 0.25) is 0 Å². The Balaban J connectivity index is 1.89. The minimum absolute atomic E-state index is 0.0602. The predicted molar refractivity (Wildman–Crippen MR) is 130 cm³/mol. The summed E-state index contributed by atoms with van der Waals surface area (Å²) in [6.45, 7) is 2.99. The zero-order valence-corrected chi connectivity index (χ0v) is 19.5. The van der Waals surface area contributed by atoms with Gasteiger partial charge in [0.05, 0.1) is 21.2 Å². The van der Waals surface area contributed by atoms with Gasteiger partial charge in [0.25, 0.3) is 21.6 Å². The second-order valence-electron chi connectivity index (χ2n) is 7.35. The van der Waals surface area contributed by atoms with Crippen molar-refractivity contribution < 1.29 is 18.1 Å². The van der Waals surface area contributed by atoms with Crippen LogP contribution in [0.1, 0.15) is 25.0 Å². The maximum atomic E-state index is 13.4. The maximum Gasteiger partial charge on any atom is 0.270 e. The molecule has 0 bridgehead atoms. The summed E-state index contributed by atoms with van der Waals surface area (Å²) in [6, 6.07) is 20.7. The Kier molecular flexibility index (Phi) is 7.75. The van der Waals surface area contributed by atoms with E-state index in [0.717, 1.165) is 9.87 Å².